The molecule has 0 aliphatic carbocycles. The third kappa shape index (κ3) is 3.81. The van der Waals surface area contributed by atoms with Crippen molar-refractivity contribution >= 4 is 55.8 Å². The van der Waals surface area contributed by atoms with E-state index in [1.165, 1.54) is 17.7 Å². The first kappa shape index (κ1) is 20.1. The van der Waals surface area contributed by atoms with Crippen LogP contribution in [0.2, 0.25) is 5.02 Å². The number of piperidine rings is 1. The third-order valence-corrected chi connectivity index (χ3v) is 6.65. The standard InChI is InChI=1S/C22H21ClN6OS/c1-13(27-20-19-21(25-11-24-20)31-12-26-19)16-10-14-6-5-7-15(23)17(14)18(28-16)22(30)29-8-3-2-4-9-29/h5-7,10-13H,2-4,8-9H2,1H3,(H,24,25,27)/t13-/m0/s1. The molecule has 31 heavy (non-hydrogen) atoms. The Morgan fingerprint density at radius 1 is 1.19 bits per heavy atom. The molecule has 5 rings (SSSR count). The Labute approximate surface area is 188 Å². The van der Waals surface area contributed by atoms with Gasteiger partial charge in [-0.2, -0.15) is 0 Å². The van der Waals surface area contributed by atoms with Crippen LogP contribution in [0.25, 0.3) is 21.1 Å². The lowest BCUT2D eigenvalue weighted by molar-refractivity contribution is 0.0720. The second-order valence-electron chi connectivity index (χ2n) is 7.68. The van der Waals surface area contributed by atoms with Gasteiger partial charge in [-0.1, -0.05) is 23.7 Å². The van der Waals surface area contributed by atoms with Gasteiger partial charge in [0, 0.05) is 18.5 Å². The van der Waals surface area contributed by atoms with Crippen LogP contribution in [0.5, 0.6) is 0 Å². The number of benzene rings is 1. The van der Waals surface area contributed by atoms with Gasteiger partial charge in [0.1, 0.15) is 22.4 Å². The summed E-state index contributed by atoms with van der Waals surface area (Å²) in [5.41, 5.74) is 3.64. The fraction of sp³-hybridized carbons (Fsp3) is 0.318. The number of likely N-dealkylation sites (tertiary alicyclic amines) is 1. The summed E-state index contributed by atoms with van der Waals surface area (Å²) in [4.78, 5) is 33.9. The molecule has 4 aromatic rings. The molecule has 1 amide bonds. The number of amides is 1. The zero-order chi connectivity index (χ0) is 21.4. The molecule has 4 heterocycles. The summed E-state index contributed by atoms with van der Waals surface area (Å²) in [6.07, 6.45) is 4.72. The molecular formula is C22H21ClN6OS. The van der Waals surface area contributed by atoms with Crippen molar-refractivity contribution in [3.05, 3.63) is 52.5 Å². The summed E-state index contributed by atoms with van der Waals surface area (Å²) in [6.45, 7) is 3.51. The maximum Gasteiger partial charge on any atom is 0.273 e. The number of fused-ring (bicyclic) bond motifs is 2. The third-order valence-electron chi connectivity index (χ3n) is 5.60. The number of nitrogens with zero attached hydrogens (tertiary/aromatic N) is 5. The molecular weight excluding hydrogens is 432 g/mol. The predicted octanol–water partition coefficient (Wildman–Crippen LogP) is 5.09. The van der Waals surface area contributed by atoms with Crippen LogP contribution < -0.4 is 5.32 Å². The largest absolute Gasteiger partial charge is 0.360 e. The summed E-state index contributed by atoms with van der Waals surface area (Å²) in [5, 5.41) is 5.53. The number of carbonyl (C=O) groups is 1. The number of hydrogen-bond acceptors (Lipinski definition) is 7. The number of carbonyl (C=O) groups excluding carboxylic acids is 1. The summed E-state index contributed by atoms with van der Waals surface area (Å²) in [7, 11) is 0. The van der Waals surface area contributed by atoms with Crippen molar-refractivity contribution in [1.29, 1.82) is 0 Å². The highest BCUT2D eigenvalue weighted by Crippen LogP contribution is 2.31. The Morgan fingerprint density at radius 2 is 2.03 bits per heavy atom. The molecule has 158 valence electrons. The van der Waals surface area contributed by atoms with Gasteiger partial charge in [-0.3, -0.25) is 4.79 Å². The molecule has 1 aliphatic heterocycles. The number of pyridine rings is 1. The first-order valence-electron chi connectivity index (χ1n) is 10.3. The van der Waals surface area contributed by atoms with Crippen molar-refractivity contribution in [2.24, 2.45) is 0 Å². The van der Waals surface area contributed by atoms with Crippen LogP contribution in [0, 0.1) is 0 Å². The molecule has 0 saturated carbocycles. The molecule has 0 spiro atoms. The lowest BCUT2D eigenvalue weighted by Gasteiger charge is -2.27. The average molecular weight is 453 g/mol. The van der Waals surface area contributed by atoms with Gasteiger partial charge in [0.05, 0.1) is 22.3 Å². The zero-order valence-corrected chi connectivity index (χ0v) is 18.6. The monoisotopic (exact) mass is 452 g/mol. The van der Waals surface area contributed by atoms with Gasteiger partial charge in [0.15, 0.2) is 5.82 Å². The quantitative estimate of drug-likeness (QED) is 0.464. The van der Waals surface area contributed by atoms with Crippen molar-refractivity contribution in [2.75, 3.05) is 18.4 Å². The number of rotatable bonds is 4. The van der Waals surface area contributed by atoms with E-state index in [-0.39, 0.29) is 11.9 Å². The normalized spacial score (nSPS) is 15.4. The fourth-order valence-electron chi connectivity index (χ4n) is 3.99. The Morgan fingerprint density at radius 3 is 2.87 bits per heavy atom. The van der Waals surface area contributed by atoms with Crippen molar-refractivity contribution in [3.8, 4) is 0 Å². The predicted molar refractivity (Wildman–Crippen MR) is 124 cm³/mol. The molecule has 1 fully saturated rings. The van der Waals surface area contributed by atoms with E-state index in [1.807, 2.05) is 30.0 Å². The van der Waals surface area contributed by atoms with Gasteiger partial charge in [-0.15, -0.1) is 11.3 Å². The van der Waals surface area contributed by atoms with Crippen LogP contribution in [0.4, 0.5) is 5.82 Å². The average Bonchev–Trinajstić information content (AvgIpc) is 3.28. The van der Waals surface area contributed by atoms with Gasteiger partial charge >= 0.3 is 0 Å². The Hall–Kier alpha value is -2.84. The Kier molecular flexibility index (Phi) is 5.41. The van der Waals surface area contributed by atoms with E-state index in [0.29, 0.717) is 21.9 Å². The summed E-state index contributed by atoms with van der Waals surface area (Å²) in [5.74, 6) is 0.589. The highest BCUT2D eigenvalue weighted by Gasteiger charge is 2.24. The molecule has 1 aromatic carbocycles. The molecule has 1 saturated heterocycles. The zero-order valence-electron chi connectivity index (χ0n) is 17.0. The highest BCUT2D eigenvalue weighted by molar-refractivity contribution is 7.16. The van der Waals surface area contributed by atoms with Crippen LogP contribution in [-0.4, -0.2) is 43.8 Å². The minimum Gasteiger partial charge on any atom is -0.360 e. The highest BCUT2D eigenvalue weighted by atomic mass is 35.5. The van der Waals surface area contributed by atoms with Crippen molar-refractivity contribution in [1.82, 2.24) is 24.8 Å². The number of thiazole rings is 1. The molecule has 0 unspecified atom stereocenters. The van der Waals surface area contributed by atoms with Crippen molar-refractivity contribution in [2.45, 2.75) is 32.2 Å². The second kappa shape index (κ2) is 8.36. The smallest absolute Gasteiger partial charge is 0.273 e. The van der Waals surface area contributed by atoms with E-state index in [1.54, 1.807) is 11.6 Å². The van der Waals surface area contributed by atoms with Crippen LogP contribution in [0.1, 0.15) is 48.4 Å². The van der Waals surface area contributed by atoms with E-state index >= 15 is 0 Å². The number of anilines is 1. The number of halogens is 1. The van der Waals surface area contributed by atoms with E-state index in [0.717, 1.165) is 53.8 Å². The van der Waals surface area contributed by atoms with Gasteiger partial charge in [0.25, 0.3) is 5.91 Å². The van der Waals surface area contributed by atoms with Crippen LogP contribution >= 0.6 is 22.9 Å². The first-order valence-corrected chi connectivity index (χ1v) is 11.6. The first-order chi connectivity index (χ1) is 15.1. The lowest BCUT2D eigenvalue weighted by Crippen LogP contribution is -2.36. The number of hydrogen-bond donors (Lipinski definition) is 1. The second-order valence-corrected chi connectivity index (χ2v) is 8.92. The van der Waals surface area contributed by atoms with Crippen LogP contribution in [0.3, 0.4) is 0 Å². The molecule has 9 heteroatoms. The van der Waals surface area contributed by atoms with Gasteiger partial charge in [-0.25, -0.2) is 19.9 Å². The van der Waals surface area contributed by atoms with Crippen molar-refractivity contribution in [3.63, 3.8) is 0 Å². The molecule has 7 nitrogen and oxygen atoms in total. The summed E-state index contributed by atoms with van der Waals surface area (Å²) in [6, 6.07) is 7.45. The minimum atomic E-state index is -0.198. The Bertz CT molecular complexity index is 1270. The number of nitrogens with one attached hydrogen (secondary N) is 1. The Balaban J connectivity index is 1.55. The SMILES string of the molecule is C[C@H](Nc1ncnc2scnc12)c1cc2cccc(Cl)c2c(C(=O)N2CCCCC2)n1. The van der Waals surface area contributed by atoms with E-state index in [4.69, 9.17) is 16.6 Å². The maximum atomic E-state index is 13.4. The molecule has 0 radical (unpaired) electrons. The topological polar surface area (TPSA) is 83.9 Å². The molecule has 0 bridgehead atoms. The van der Waals surface area contributed by atoms with Gasteiger partial charge < -0.3 is 10.2 Å². The van der Waals surface area contributed by atoms with Gasteiger partial charge in [-0.05, 0) is 43.7 Å². The van der Waals surface area contributed by atoms with Crippen LogP contribution in [0.15, 0.2) is 36.1 Å². The lowest BCUT2D eigenvalue weighted by atomic mass is 10.0. The van der Waals surface area contributed by atoms with E-state index < -0.39 is 0 Å². The molecule has 1 N–H and O–H groups in total. The molecule has 1 atom stereocenters. The van der Waals surface area contributed by atoms with E-state index in [2.05, 4.69) is 20.3 Å². The van der Waals surface area contributed by atoms with Gasteiger partial charge in [0.2, 0.25) is 0 Å². The molecule has 1 aliphatic rings. The minimum absolute atomic E-state index is 0.0595. The summed E-state index contributed by atoms with van der Waals surface area (Å²) >= 11 is 7.98. The fourth-order valence-corrected chi connectivity index (χ4v) is 4.89. The van der Waals surface area contributed by atoms with Crippen molar-refractivity contribution < 1.29 is 4.79 Å². The number of aromatic nitrogens is 4. The molecule has 3 aromatic heterocycles. The van der Waals surface area contributed by atoms with E-state index in [9.17, 15) is 4.79 Å². The maximum absolute atomic E-state index is 13.4. The summed E-state index contributed by atoms with van der Waals surface area (Å²) < 4.78 is 0. The van der Waals surface area contributed by atoms with Crippen LogP contribution in [-0.2, 0) is 0 Å².